The second-order valence-corrected chi connectivity index (χ2v) is 15.4. The van der Waals surface area contributed by atoms with Crippen LogP contribution in [0.1, 0.15) is 68.7 Å². The lowest BCUT2D eigenvalue weighted by Crippen LogP contribution is -2.54. The van der Waals surface area contributed by atoms with Crippen LogP contribution in [-0.4, -0.2) is 41.3 Å². The summed E-state index contributed by atoms with van der Waals surface area (Å²) in [7, 11) is 4.45. The van der Waals surface area contributed by atoms with E-state index in [1.54, 1.807) is 0 Å². The molecule has 4 aliphatic heterocycles. The summed E-state index contributed by atoms with van der Waals surface area (Å²) >= 11 is 0. The van der Waals surface area contributed by atoms with Gasteiger partial charge >= 0.3 is 0 Å². The molecule has 2 aromatic heterocycles. The smallest absolute Gasteiger partial charge is 0.162 e. The third-order valence-electron chi connectivity index (χ3n) is 12.7. The average molecular weight is 699 g/mol. The van der Waals surface area contributed by atoms with E-state index in [2.05, 4.69) is 153 Å². The molecule has 4 aliphatic rings. The Morgan fingerprint density at radius 2 is 1.60 bits per heavy atom. The molecule has 0 spiro atoms. The van der Waals surface area contributed by atoms with Crippen LogP contribution in [0.15, 0.2) is 102 Å². The Hall–Kier alpha value is -5.56. The first-order valence-corrected chi connectivity index (χ1v) is 19.4. The van der Waals surface area contributed by atoms with Gasteiger partial charge in [0.25, 0.3) is 0 Å². The van der Waals surface area contributed by atoms with Crippen molar-refractivity contribution < 1.29 is 4.42 Å². The summed E-state index contributed by atoms with van der Waals surface area (Å²) in [4.78, 5) is 20.1. The summed E-state index contributed by atoms with van der Waals surface area (Å²) < 4.78 is 6.94. The number of aromatic nitrogens is 2. The highest BCUT2D eigenvalue weighted by molar-refractivity contribution is 6.16. The van der Waals surface area contributed by atoms with E-state index in [0.29, 0.717) is 0 Å². The van der Waals surface area contributed by atoms with Crippen LogP contribution in [0.3, 0.4) is 0 Å². The molecule has 2 unspecified atom stereocenters. The maximum Gasteiger partial charge on any atom is 0.162 e. The zero-order chi connectivity index (χ0) is 36.2. The van der Waals surface area contributed by atoms with Crippen molar-refractivity contribution in [3.63, 3.8) is 0 Å². The van der Waals surface area contributed by atoms with Crippen LogP contribution >= 0.6 is 0 Å². The highest BCUT2D eigenvalue weighted by atomic mass is 16.3. The summed E-state index contributed by atoms with van der Waals surface area (Å²) in [6.45, 7) is 9.14. The first-order chi connectivity index (χ1) is 25.9. The Morgan fingerprint density at radius 3 is 2.40 bits per heavy atom. The van der Waals surface area contributed by atoms with Crippen molar-refractivity contribution in [3.05, 3.63) is 120 Å². The van der Waals surface area contributed by atoms with E-state index in [9.17, 15) is 0 Å². The van der Waals surface area contributed by atoms with Gasteiger partial charge < -0.3 is 19.1 Å². The molecule has 7 heteroatoms. The van der Waals surface area contributed by atoms with Gasteiger partial charge in [0.2, 0.25) is 0 Å². The van der Waals surface area contributed by atoms with Crippen LogP contribution in [0.25, 0.3) is 44.5 Å². The fourth-order valence-electron chi connectivity index (χ4n) is 10.1. The van der Waals surface area contributed by atoms with Crippen LogP contribution in [0.2, 0.25) is 0 Å². The van der Waals surface area contributed by atoms with E-state index in [1.807, 2.05) is 6.20 Å². The molecule has 2 atom stereocenters. The number of unbranched alkanes of at least 4 members (excludes halogenated alkanes) is 1. The van der Waals surface area contributed by atoms with Crippen LogP contribution < -0.4 is 14.7 Å². The first kappa shape index (κ1) is 32.1. The average Bonchev–Trinajstić information content (AvgIpc) is 3.93. The topological polar surface area (TPSA) is 51.9 Å². The maximum absolute atomic E-state index is 6.94. The number of hydrogen-bond donors (Lipinski definition) is 0. The van der Waals surface area contributed by atoms with Crippen molar-refractivity contribution in [1.82, 2.24) is 14.9 Å². The number of fused-ring (bicyclic) bond motifs is 12. The molecule has 0 amide bonds. The zero-order valence-electron chi connectivity index (χ0n) is 31.5. The van der Waals surface area contributed by atoms with Crippen molar-refractivity contribution in [2.75, 3.05) is 28.8 Å². The molecule has 0 fully saturated rings. The van der Waals surface area contributed by atoms with Crippen molar-refractivity contribution in [2.24, 2.45) is 5.41 Å². The summed E-state index contributed by atoms with van der Waals surface area (Å²) in [5.41, 5.74) is 14.0. The van der Waals surface area contributed by atoms with E-state index in [0.717, 1.165) is 59.0 Å². The quantitative estimate of drug-likeness (QED) is 0.172. The number of rotatable bonds is 6. The van der Waals surface area contributed by atoms with Crippen molar-refractivity contribution in [2.45, 2.75) is 72.1 Å². The number of benzene rings is 4. The van der Waals surface area contributed by atoms with Crippen molar-refractivity contribution in [1.29, 1.82) is 0 Å². The molecule has 53 heavy (non-hydrogen) atoms. The Balaban J connectivity index is 1.26. The van der Waals surface area contributed by atoms with E-state index in [4.69, 9.17) is 14.4 Å². The van der Waals surface area contributed by atoms with Gasteiger partial charge in [0, 0.05) is 64.9 Å². The van der Waals surface area contributed by atoms with Gasteiger partial charge in [0.1, 0.15) is 23.6 Å². The van der Waals surface area contributed by atoms with Crippen LogP contribution in [-0.2, 0) is 6.42 Å². The first-order valence-electron chi connectivity index (χ1n) is 19.4. The third-order valence-corrected chi connectivity index (χ3v) is 12.7. The molecule has 0 saturated carbocycles. The number of furan rings is 1. The molecule has 266 valence electrons. The standard InChI is InChI=1S/C46H46N6O/c1-7-10-16-29-20-23-37-34(26-29)31-21-22-33-39(46(8-2,9-3)45-49(5)24-25-51(45)40(33)41(31)53-37)38-32-18-13-14-19-35(32)52-43-36(50(6)44(38)52)27-47-42(48-43)30-17-12-11-15-28(30)4/h11-15,17-27,44-45H,7-10,16H2,1-6H3. The van der Waals surface area contributed by atoms with E-state index in [1.165, 1.54) is 62.7 Å². The lowest BCUT2D eigenvalue weighted by atomic mass is 9.64. The molecular formula is C46H46N6O. The number of anilines is 4. The van der Waals surface area contributed by atoms with Crippen molar-refractivity contribution >= 4 is 56.0 Å². The minimum absolute atomic E-state index is 0.0807. The summed E-state index contributed by atoms with van der Waals surface area (Å²) in [5.74, 6) is 1.71. The highest BCUT2D eigenvalue weighted by Gasteiger charge is 2.56. The molecule has 7 nitrogen and oxygen atoms in total. The maximum atomic E-state index is 6.94. The Morgan fingerprint density at radius 1 is 0.811 bits per heavy atom. The molecule has 10 rings (SSSR count). The van der Waals surface area contributed by atoms with Crippen molar-refractivity contribution in [3.8, 4) is 11.4 Å². The molecule has 0 bridgehead atoms. The number of nitrogens with zero attached hydrogens (tertiary/aromatic N) is 6. The van der Waals surface area contributed by atoms with Crippen LogP contribution in [0, 0.1) is 12.3 Å². The van der Waals surface area contributed by atoms with Gasteiger partial charge in [-0.3, -0.25) is 4.90 Å². The normalized spacial score (nSPS) is 20.7. The Bertz CT molecular complexity index is 2520. The minimum Gasteiger partial charge on any atom is -0.454 e. The summed E-state index contributed by atoms with van der Waals surface area (Å²) in [6.07, 6.45) is 12.0. The molecule has 0 aliphatic carbocycles. The highest BCUT2D eigenvalue weighted by Crippen LogP contribution is 2.63. The van der Waals surface area contributed by atoms with Gasteiger partial charge in [0.05, 0.1) is 17.6 Å². The fourth-order valence-corrected chi connectivity index (χ4v) is 10.1. The Kier molecular flexibility index (Phi) is 7.10. The molecule has 6 aromatic rings. The number of para-hydroxylation sites is 1. The number of hydrogen-bond acceptors (Lipinski definition) is 7. The molecule has 0 saturated heterocycles. The largest absolute Gasteiger partial charge is 0.454 e. The molecule has 0 N–H and O–H groups in total. The van der Waals surface area contributed by atoms with Gasteiger partial charge in [-0.25, -0.2) is 9.97 Å². The molecular weight excluding hydrogens is 653 g/mol. The van der Waals surface area contributed by atoms with Crippen LogP contribution in [0.4, 0.5) is 22.9 Å². The molecule has 0 radical (unpaired) electrons. The summed E-state index contributed by atoms with van der Waals surface area (Å²) in [5, 5.41) is 2.38. The third kappa shape index (κ3) is 4.28. The predicted molar refractivity (Wildman–Crippen MR) is 218 cm³/mol. The predicted octanol–water partition coefficient (Wildman–Crippen LogP) is 10.9. The van der Waals surface area contributed by atoms with Gasteiger partial charge in [-0.05, 0) is 73.6 Å². The Labute approximate surface area is 311 Å². The second kappa shape index (κ2) is 11.7. The monoisotopic (exact) mass is 698 g/mol. The lowest BCUT2D eigenvalue weighted by Gasteiger charge is -2.52. The fraction of sp³-hybridized carbons (Fsp3) is 0.304. The summed E-state index contributed by atoms with van der Waals surface area (Å²) in [6, 6.07) is 28.9. The van der Waals surface area contributed by atoms with Gasteiger partial charge in [-0.15, -0.1) is 0 Å². The van der Waals surface area contributed by atoms with Gasteiger partial charge in [0.15, 0.2) is 17.2 Å². The van der Waals surface area contributed by atoms with Gasteiger partial charge in [-0.2, -0.15) is 0 Å². The van der Waals surface area contributed by atoms with Crippen LogP contribution in [0.5, 0.6) is 0 Å². The lowest BCUT2D eigenvalue weighted by molar-refractivity contribution is 0.175. The van der Waals surface area contributed by atoms with E-state index < -0.39 is 0 Å². The van der Waals surface area contributed by atoms with E-state index in [-0.39, 0.29) is 17.7 Å². The molecule has 6 heterocycles. The SMILES string of the molecule is CCCCc1ccc2oc3c4c(ccc3c2c1)C(=C1c2ccccc2N2c3nc(-c5ccccc5C)ncc3N(C)C12)C(CC)(CC)C1N(C)C=CN41. The second-order valence-electron chi connectivity index (χ2n) is 15.4. The van der Waals surface area contributed by atoms with E-state index >= 15 is 0 Å². The number of aryl methyl sites for hydroxylation is 2. The van der Waals surface area contributed by atoms with Gasteiger partial charge in [-0.1, -0.05) is 81.8 Å². The minimum atomic E-state index is -0.190. The zero-order valence-corrected chi connectivity index (χ0v) is 31.5. The molecule has 4 aromatic carbocycles. The number of likely N-dealkylation sites (N-methyl/N-ethyl adjacent to an activating group) is 1.